The maximum absolute atomic E-state index is 12.3. The van der Waals surface area contributed by atoms with Gasteiger partial charge in [-0.05, 0) is 19.1 Å². The van der Waals surface area contributed by atoms with E-state index in [2.05, 4.69) is 30.7 Å². The second-order valence-electron chi connectivity index (χ2n) is 4.55. The normalized spacial score (nSPS) is 12.1. The molecule has 23 heavy (non-hydrogen) atoms. The van der Waals surface area contributed by atoms with Gasteiger partial charge in [0.1, 0.15) is 29.6 Å². The topological polar surface area (TPSA) is 108 Å². The fraction of sp³-hybridized carbons (Fsp3) is 0.231. The molecule has 0 aromatic carbocycles. The summed E-state index contributed by atoms with van der Waals surface area (Å²) in [5.41, 5.74) is 0.445. The van der Waals surface area contributed by atoms with Crippen molar-refractivity contribution in [3.05, 3.63) is 41.6 Å². The number of rotatable bonds is 5. The number of methoxy groups -OCH3 is 1. The zero-order valence-corrected chi connectivity index (χ0v) is 13.2. The molecule has 0 aliphatic heterocycles. The van der Waals surface area contributed by atoms with Crippen LogP contribution < -0.4 is 5.32 Å². The van der Waals surface area contributed by atoms with Crippen molar-refractivity contribution in [2.75, 3.05) is 12.4 Å². The Bertz CT molecular complexity index is 802. The predicted octanol–water partition coefficient (Wildman–Crippen LogP) is 1.47. The lowest BCUT2D eigenvalue weighted by molar-refractivity contribution is 0.102. The molecule has 0 bridgehead atoms. The minimum absolute atomic E-state index is 0.167. The van der Waals surface area contributed by atoms with Crippen molar-refractivity contribution >= 4 is 22.4 Å². The van der Waals surface area contributed by atoms with Crippen LogP contribution in [0.3, 0.4) is 0 Å². The van der Waals surface area contributed by atoms with E-state index in [1.54, 1.807) is 30.0 Å². The van der Waals surface area contributed by atoms with Crippen LogP contribution in [0.5, 0.6) is 0 Å². The third-order valence-electron chi connectivity index (χ3n) is 3.05. The highest BCUT2D eigenvalue weighted by Gasteiger charge is 2.14. The third-order valence-corrected chi connectivity index (χ3v) is 4.05. The Kier molecular flexibility index (Phi) is 4.35. The average Bonchev–Trinajstić information content (AvgIpc) is 3.26. The Hall–Kier alpha value is -2.72. The predicted molar refractivity (Wildman–Crippen MR) is 82.4 cm³/mol. The molecule has 0 aliphatic rings. The lowest BCUT2D eigenvalue weighted by atomic mass is 10.2. The van der Waals surface area contributed by atoms with Crippen molar-refractivity contribution in [3.8, 4) is 5.82 Å². The number of hydrogen-bond acceptors (Lipinski definition) is 8. The van der Waals surface area contributed by atoms with Gasteiger partial charge in [0.05, 0.1) is 0 Å². The maximum atomic E-state index is 12.3. The molecule has 0 radical (unpaired) electrons. The molecule has 9 nitrogen and oxygen atoms in total. The van der Waals surface area contributed by atoms with Crippen LogP contribution in [0.15, 0.2) is 31.0 Å². The van der Waals surface area contributed by atoms with E-state index in [1.165, 1.54) is 24.0 Å². The number of nitrogens with zero attached hydrogens (tertiary/aromatic N) is 6. The molecule has 1 N–H and O–H groups in total. The first-order valence-corrected chi connectivity index (χ1v) is 7.47. The van der Waals surface area contributed by atoms with E-state index in [1.807, 2.05) is 6.92 Å². The van der Waals surface area contributed by atoms with Gasteiger partial charge in [0, 0.05) is 18.9 Å². The van der Waals surface area contributed by atoms with Gasteiger partial charge in [-0.3, -0.25) is 14.7 Å². The number of aromatic nitrogens is 6. The first-order chi connectivity index (χ1) is 11.2. The number of amides is 1. The van der Waals surface area contributed by atoms with Crippen molar-refractivity contribution in [1.82, 2.24) is 29.9 Å². The fourth-order valence-corrected chi connectivity index (χ4v) is 2.51. The number of hydrogen-bond donors (Lipinski definition) is 1. The second kappa shape index (κ2) is 6.58. The maximum Gasteiger partial charge on any atom is 0.257 e. The molecule has 0 saturated carbocycles. The van der Waals surface area contributed by atoms with Crippen molar-refractivity contribution in [2.45, 2.75) is 13.0 Å². The van der Waals surface area contributed by atoms with Crippen LogP contribution in [-0.2, 0) is 4.74 Å². The fourth-order valence-electron chi connectivity index (χ4n) is 1.74. The highest BCUT2D eigenvalue weighted by molar-refractivity contribution is 7.15. The van der Waals surface area contributed by atoms with Crippen LogP contribution in [0, 0.1) is 0 Å². The van der Waals surface area contributed by atoms with Gasteiger partial charge in [-0.25, -0.2) is 4.98 Å². The molecule has 1 amide bonds. The van der Waals surface area contributed by atoms with Crippen LogP contribution in [0.2, 0.25) is 0 Å². The number of carbonyl (C=O) groups is 1. The molecule has 1 atom stereocenters. The standard InChI is InChI=1S/C13H13N7O2S/c1-8(22-2)12-18-19-13(23-12)17-11(21)9-3-4-14-10(5-9)20-6-15-16-7-20/h3-8H,1-2H3,(H,17,19,21). The van der Waals surface area contributed by atoms with Gasteiger partial charge in [0.25, 0.3) is 5.91 Å². The van der Waals surface area contributed by atoms with Gasteiger partial charge in [-0.2, -0.15) is 0 Å². The van der Waals surface area contributed by atoms with E-state index >= 15 is 0 Å². The van der Waals surface area contributed by atoms with E-state index in [4.69, 9.17) is 4.74 Å². The Morgan fingerprint density at radius 2 is 2.13 bits per heavy atom. The molecule has 0 spiro atoms. The zero-order chi connectivity index (χ0) is 16.2. The number of ether oxygens (including phenoxy) is 1. The summed E-state index contributed by atoms with van der Waals surface area (Å²) in [6.07, 6.45) is 4.39. The van der Waals surface area contributed by atoms with Crippen LogP contribution in [0.1, 0.15) is 28.4 Å². The van der Waals surface area contributed by atoms with Gasteiger partial charge in [0.15, 0.2) is 0 Å². The van der Waals surface area contributed by atoms with Crippen molar-refractivity contribution in [3.63, 3.8) is 0 Å². The number of pyridine rings is 1. The van der Waals surface area contributed by atoms with Crippen molar-refractivity contribution < 1.29 is 9.53 Å². The lowest BCUT2D eigenvalue weighted by Crippen LogP contribution is -2.12. The molecular formula is C13H13N7O2S. The summed E-state index contributed by atoms with van der Waals surface area (Å²) >= 11 is 1.27. The number of nitrogens with one attached hydrogen (secondary N) is 1. The van der Waals surface area contributed by atoms with E-state index in [9.17, 15) is 4.79 Å². The van der Waals surface area contributed by atoms with Gasteiger partial charge in [-0.15, -0.1) is 20.4 Å². The quantitative estimate of drug-likeness (QED) is 0.754. The number of anilines is 1. The molecule has 0 fully saturated rings. The van der Waals surface area contributed by atoms with E-state index in [0.717, 1.165) is 0 Å². The molecule has 0 aliphatic carbocycles. The molecule has 118 valence electrons. The second-order valence-corrected chi connectivity index (χ2v) is 5.56. The Balaban J connectivity index is 1.76. The van der Waals surface area contributed by atoms with Crippen LogP contribution in [0.25, 0.3) is 5.82 Å². The van der Waals surface area contributed by atoms with Gasteiger partial charge >= 0.3 is 0 Å². The zero-order valence-electron chi connectivity index (χ0n) is 12.4. The first-order valence-electron chi connectivity index (χ1n) is 6.66. The van der Waals surface area contributed by atoms with Gasteiger partial charge < -0.3 is 4.74 Å². The molecular weight excluding hydrogens is 318 g/mol. The smallest absolute Gasteiger partial charge is 0.257 e. The third kappa shape index (κ3) is 3.38. The molecule has 3 aromatic rings. The monoisotopic (exact) mass is 331 g/mol. The van der Waals surface area contributed by atoms with E-state index in [-0.39, 0.29) is 12.0 Å². The first kappa shape index (κ1) is 15.2. The Morgan fingerprint density at radius 3 is 2.87 bits per heavy atom. The highest BCUT2D eigenvalue weighted by Crippen LogP contribution is 2.23. The molecule has 3 aromatic heterocycles. The van der Waals surface area contributed by atoms with E-state index in [0.29, 0.717) is 21.5 Å². The summed E-state index contributed by atoms with van der Waals surface area (Å²) < 4.78 is 6.78. The largest absolute Gasteiger partial charge is 0.374 e. The van der Waals surface area contributed by atoms with Crippen molar-refractivity contribution in [1.29, 1.82) is 0 Å². The molecule has 0 saturated heterocycles. The molecule has 3 heterocycles. The SMILES string of the molecule is COC(C)c1nnc(NC(=O)c2ccnc(-n3cnnc3)c2)s1. The summed E-state index contributed by atoms with van der Waals surface area (Å²) in [5.74, 6) is 0.253. The minimum Gasteiger partial charge on any atom is -0.374 e. The Morgan fingerprint density at radius 1 is 1.35 bits per heavy atom. The summed E-state index contributed by atoms with van der Waals surface area (Å²) in [4.78, 5) is 16.5. The van der Waals surface area contributed by atoms with Crippen LogP contribution >= 0.6 is 11.3 Å². The van der Waals surface area contributed by atoms with E-state index < -0.39 is 0 Å². The summed E-state index contributed by atoms with van der Waals surface area (Å²) in [6.45, 7) is 1.86. The lowest BCUT2D eigenvalue weighted by Gasteiger charge is -2.04. The van der Waals surface area contributed by atoms with Gasteiger partial charge in [0.2, 0.25) is 5.13 Å². The van der Waals surface area contributed by atoms with Crippen LogP contribution in [-0.4, -0.2) is 43.0 Å². The molecule has 3 rings (SSSR count). The van der Waals surface area contributed by atoms with Crippen LogP contribution in [0.4, 0.5) is 5.13 Å². The summed E-state index contributed by atoms with van der Waals surface area (Å²) in [7, 11) is 1.59. The molecule has 1 unspecified atom stereocenters. The summed E-state index contributed by atoms with van der Waals surface area (Å²) in [6, 6.07) is 3.25. The summed E-state index contributed by atoms with van der Waals surface area (Å²) in [5, 5.41) is 19.2. The Labute approximate surface area is 135 Å². The minimum atomic E-state index is -0.297. The number of carbonyl (C=O) groups excluding carboxylic acids is 1. The van der Waals surface area contributed by atoms with Crippen molar-refractivity contribution in [2.24, 2.45) is 0 Å². The highest BCUT2D eigenvalue weighted by atomic mass is 32.1. The van der Waals surface area contributed by atoms with Gasteiger partial charge in [-0.1, -0.05) is 11.3 Å². The average molecular weight is 331 g/mol. The molecule has 10 heteroatoms.